The van der Waals surface area contributed by atoms with Crippen molar-refractivity contribution >= 4 is 34.3 Å². The van der Waals surface area contributed by atoms with E-state index in [0.29, 0.717) is 18.6 Å². The van der Waals surface area contributed by atoms with Gasteiger partial charge in [0.2, 0.25) is 5.95 Å². The molecule has 0 bridgehead atoms. The number of hydrogen-bond donors (Lipinski definition) is 1. The number of rotatable bonds is 4. The molecule has 2 saturated heterocycles. The Balaban J connectivity index is 1.41. The van der Waals surface area contributed by atoms with Gasteiger partial charge in [-0.1, -0.05) is 0 Å². The minimum absolute atomic E-state index is 0.00643. The summed E-state index contributed by atoms with van der Waals surface area (Å²) in [6.07, 6.45) is 5.20. The smallest absolute Gasteiger partial charge is 0.414 e. The first-order chi connectivity index (χ1) is 14.6. The van der Waals surface area contributed by atoms with Crippen molar-refractivity contribution in [2.45, 2.75) is 38.8 Å². The van der Waals surface area contributed by atoms with Gasteiger partial charge in [0.1, 0.15) is 6.61 Å². The van der Waals surface area contributed by atoms with Crippen LogP contribution in [-0.2, 0) is 9.47 Å². The molecule has 9 nitrogen and oxygen atoms in total. The fraction of sp³-hybridized carbons (Fsp3) is 0.429. The Bertz CT molecular complexity index is 1090. The summed E-state index contributed by atoms with van der Waals surface area (Å²) in [4.78, 5) is 22.8. The molecule has 1 amide bonds. The topological polar surface area (TPSA) is 94.4 Å². The third-order valence-electron chi connectivity index (χ3n) is 5.76. The van der Waals surface area contributed by atoms with E-state index in [1.54, 1.807) is 11.1 Å². The van der Waals surface area contributed by atoms with E-state index in [2.05, 4.69) is 25.1 Å². The Morgan fingerprint density at radius 3 is 2.80 bits per heavy atom. The maximum Gasteiger partial charge on any atom is 0.414 e. The van der Waals surface area contributed by atoms with Crippen LogP contribution >= 0.6 is 0 Å². The Morgan fingerprint density at radius 1 is 1.20 bits per heavy atom. The number of nitrogens with one attached hydrogen (secondary N) is 1. The summed E-state index contributed by atoms with van der Waals surface area (Å²) < 4.78 is 12.7. The van der Waals surface area contributed by atoms with Gasteiger partial charge in [0.05, 0.1) is 35.2 Å². The number of anilines is 3. The highest BCUT2D eigenvalue weighted by Crippen LogP contribution is 2.29. The third kappa shape index (κ3) is 3.35. The molecule has 4 heterocycles. The van der Waals surface area contributed by atoms with Crippen molar-refractivity contribution in [3.8, 4) is 0 Å². The number of hydrogen-bond acceptors (Lipinski definition) is 7. The lowest BCUT2D eigenvalue weighted by Gasteiger charge is -2.23. The van der Waals surface area contributed by atoms with E-state index >= 15 is 0 Å². The van der Waals surface area contributed by atoms with Crippen molar-refractivity contribution in [3.05, 3.63) is 36.3 Å². The van der Waals surface area contributed by atoms with Crippen LogP contribution in [0.4, 0.5) is 22.1 Å². The summed E-state index contributed by atoms with van der Waals surface area (Å²) in [5.74, 6) is 0.492. The van der Waals surface area contributed by atoms with Crippen molar-refractivity contribution in [3.63, 3.8) is 0 Å². The number of carbonyl (C=O) groups excluding carboxylic acids is 1. The molecule has 1 atom stereocenters. The Labute approximate surface area is 174 Å². The van der Waals surface area contributed by atoms with Crippen molar-refractivity contribution in [2.75, 3.05) is 30.0 Å². The summed E-state index contributed by atoms with van der Waals surface area (Å²) in [5, 5.41) is 8.76. The summed E-state index contributed by atoms with van der Waals surface area (Å²) in [6, 6.07) is 6.05. The molecular weight excluding hydrogens is 384 g/mol. The summed E-state index contributed by atoms with van der Waals surface area (Å²) in [5.41, 5.74) is 3.46. The number of cyclic esters (lactones) is 1. The zero-order chi connectivity index (χ0) is 20.7. The third-order valence-corrected chi connectivity index (χ3v) is 5.76. The van der Waals surface area contributed by atoms with Gasteiger partial charge in [0.25, 0.3) is 0 Å². The van der Waals surface area contributed by atoms with Crippen LogP contribution in [0, 0.1) is 6.92 Å². The van der Waals surface area contributed by atoms with E-state index in [-0.39, 0.29) is 12.1 Å². The molecule has 9 heteroatoms. The first kappa shape index (κ1) is 18.8. The fourth-order valence-electron chi connectivity index (χ4n) is 4.06. The van der Waals surface area contributed by atoms with Gasteiger partial charge in [-0.2, -0.15) is 5.10 Å². The van der Waals surface area contributed by atoms with Crippen LogP contribution in [0.15, 0.2) is 30.6 Å². The first-order valence-electron chi connectivity index (χ1n) is 10.2. The molecule has 156 valence electrons. The summed E-state index contributed by atoms with van der Waals surface area (Å²) >= 11 is 0. The van der Waals surface area contributed by atoms with Crippen LogP contribution < -0.4 is 10.2 Å². The summed E-state index contributed by atoms with van der Waals surface area (Å²) in [6.45, 7) is 5.94. The van der Waals surface area contributed by atoms with Gasteiger partial charge in [-0.25, -0.2) is 14.8 Å². The molecule has 1 aromatic carbocycles. The molecule has 1 N–H and O–H groups in total. The van der Waals surface area contributed by atoms with Gasteiger partial charge in [0.15, 0.2) is 0 Å². The molecule has 2 aromatic heterocycles. The van der Waals surface area contributed by atoms with Gasteiger partial charge in [0, 0.05) is 30.5 Å². The molecule has 30 heavy (non-hydrogen) atoms. The van der Waals surface area contributed by atoms with E-state index in [1.807, 2.05) is 38.2 Å². The van der Waals surface area contributed by atoms with Crippen molar-refractivity contribution in [1.82, 2.24) is 19.7 Å². The van der Waals surface area contributed by atoms with Crippen molar-refractivity contribution < 1.29 is 14.3 Å². The van der Waals surface area contributed by atoms with Gasteiger partial charge in [-0.3, -0.25) is 9.58 Å². The first-order valence-corrected chi connectivity index (χ1v) is 10.2. The van der Waals surface area contributed by atoms with Crippen LogP contribution in [0.25, 0.3) is 10.9 Å². The van der Waals surface area contributed by atoms with E-state index in [9.17, 15) is 4.79 Å². The predicted octanol–water partition coefficient (Wildman–Crippen LogP) is 3.57. The molecular formula is C21H24N6O3. The molecule has 0 spiro atoms. The molecule has 0 unspecified atom stereocenters. The van der Waals surface area contributed by atoms with Gasteiger partial charge >= 0.3 is 6.09 Å². The van der Waals surface area contributed by atoms with Crippen molar-refractivity contribution in [2.24, 2.45) is 0 Å². The Hall–Kier alpha value is -3.20. The second-order valence-electron chi connectivity index (χ2n) is 7.79. The zero-order valence-corrected chi connectivity index (χ0v) is 17.0. The van der Waals surface area contributed by atoms with Gasteiger partial charge < -0.3 is 14.8 Å². The number of fused-ring (bicyclic) bond motifs is 1. The molecule has 2 aliphatic heterocycles. The van der Waals surface area contributed by atoms with Crippen molar-refractivity contribution in [1.29, 1.82) is 0 Å². The number of nitrogens with zero attached hydrogens (tertiary/aromatic N) is 5. The molecule has 3 aromatic rings. The summed E-state index contributed by atoms with van der Waals surface area (Å²) in [7, 11) is 0. The minimum atomic E-state index is -0.328. The number of carbonyl (C=O) groups is 1. The average Bonchev–Trinajstić information content (AvgIpc) is 3.29. The van der Waals surface area contributed by atoms with Gasteiger partial charge in [-0.15, -0.1) is 0 Å². The van der Waals surface area contributed by atoms with Gasteiger partial charge in [-0.05, 0) is 44.9 Å². The highest BCUT2D eigenvalue weighted by Gasteiger charge is 2.31. The largest absolute Gasteiger partial charge is 0.447 e. The average molecular weight is 408 g/mol. The minimum Gasteiger partial charge on any atom is -0.447 e. The molecule has 0 radical (unpaired) electrons. The Morgan fingerprint density at radius 2 is 2.03 bits per heavy atom. The maximum atomic E-state index is 12.0. The Kier molecular flexibility index (Phi) is 4.74. The predicted molar refractivity (Wildman–Crippen MR) is 112 cm³/mol. The van der Waals surface area contributed by atoms with E-state index in [1.165, 1.54) is 0 Å². The monoisotopic (exact) mass is 408 g/mol. The second-order valence-corrected chi connectivity index (χ2v) is 7.79. The van der Waals surface area contributed by atoms with Crippen LogP contribution in [-0.4, -0.2) is 51.7 Å². The second kappa shape index (κ2) is 7.56. The zero-order valence-electron chi connectivity index (χ0n) is 17.0. The molecule has 0 aliphatic carbocycles. The number of ether oxygens (including phenoxy) is 2. The maximum absolute atomic E-state index is 12.0. The fourth-order valence-corrected chi connectivity index (χ4v) is 4.06. The van der Waals surface area contributed by atoms with E-state index in [0.717, 1.165) is 54.0 Å². The number of amides is 1. The highest BCUT2D eigenvalue weighted by molar-refractivity contribution is 5.93. The lowest BCUT2D eigenvalue weighted by molar-refractivity contribution is 0.0657. The molecule has 5 rings (SSSR count). The highest BCUT2D eigenvalue weighted by atomic mass is 16.6. The van der Waals surface area contributed by atoms with Crippen LogP contribution in [0.2, 0.25) is 0 Å². The number of aromatic nitrogens is 4. The van der Waals surface area contributed by atoms with E-state index in [4.69, 9.17) is 9.47 Å². The normalized spacial score (nSPS) is 20.0. The van der Waals surface area contributed by atoms with E-state index < -0.39 is 0 Å². The molecule has 0 saturated carbocycles. The standard InChI is InChI=1S/C21H24N6O3/c1-13-12-30-21(28)26(13)17-4-3-15-10-22-20(24-18(15)9-17)25-19-11-23-27(14(19)2)16-5-7-29-8-6-16/h3-4,9-11,13,16H,5-8,12H2,1-2H3,(H,22,24,25)/t13-/m1/s1. The molecule has 2 fully saturated rings. The van der Waals surface area contributed by atoms with Crippen LogP contribution in [0.1, 0.15) is 31.5 Å². The lowest BCUT2D eigenvalue weighted by Crippen LogP contribution is -2.30. The lowest BCUT2D eigenvalue weighted by atomic mass is 10.1. The number of benzene rings is 1. The quantitative estimate of drug-likeness (QED) is 0.705. The SMILES string of the molecule is Cc1c(Nc2ncc3ccc(N4C(=O)OC[C@H]4C)cc3n2)cnn1C1CCOCC1. The van der Waals surface area contributed by atoms with Crippen LogP contribution in [0.5, 0.6) is 0 Å². The van der Waals surface area contributed by atoms with Crippen LogP contribution in [0.3, 0.4) is 0 Å². The molecule has 2 aliphatic rings.